The lowest BCUT2D eigenvalue weighted by Gasteiger charge is -2.38. The van der Waals surface area contributed by atoms with Crippen LogP contribution in [-0.2, 0) is 20.6 Å². The lowest BCUT2D eigenvalue weighted by molar-refractivity contribution is -0.138. The summed E-state index contributed by atoms with van der Waals surface area (Å²) in [7, 11) is 0. The number of amides is 5. The molecule has 5 amide bonds. The van der Waals surface area contributed by atoms with Crippen LogP contribution in [-0.4, -0.2) is 103 Å². The molecular weight excluding hydrogens is 794 g/mol. The van der Waals surface area contributed by atoms with Gasteiger partial charge in [0.25, 0.3) is 11.8 Å². The first-order valence-electron chi connectivity index (χ1n) is 20.9. The van der Waals surface area contributed by atoms with Crippen molar-refractivity contribution in [1.29, 1.82) is 5.26 Å². The summed E-state index contributed by atoms with van der Waals surface area (Å²) >= 11 is 0. The van der Waals surface area contributed by atoms with Crippen molar-refractivity contribution in [1.82, 2.24) is 20.1 Å². The Balaban J connectivity index is 0.731. The number of carbonyl (C=O) groups is 5. The third kappa shape index (κ3) is 9.19. The molecule has 5 aliphatic rings. The maximum Gasteiger partial charge on any atom is 0.417 e. The van der Waals surface area contributed by atoms with E-state index < -0.39 is 47.0 Å². The number of halogens is 3. The van der Waals surface area contributed by atoms with E-state index in [9.17, 15) is 37.1 Å². The monoisotopic (exact) mass is 840 g/mol. The normalized spacial score (nSPS) is 21.0. The van der Waals surface area contributed by atoms with E-state index in [-0.39, 0.29) is 35.8 Å². The van der Waals surface area contributed by atoms with Gasteiger partial charge in [0.05, 0.1) is 46.8 Å². The zero-order chi connectivity index (χ0) is 42.8. The Morgan fingerprint density at radius 3 is 2.16 bits per heavy atom. The summed E-state index contributed by atoms with van der Waals surface area (Å²) in [5.74, 6) is -0.706. The highest BCUT2D eigenvalue weighted by atomic mass is 19.4. The highest BCUT2D eigenvalue weighted by molar-refractivity contribution is 6.23. The predicted octanol–water partition coefficient (Wildman–Crippen LogP) is 5.24. The zero-order valence-electron chi connectivity index (χ0n) is 33.6. The van der Waals surface area contributed by atoms with Crippen LogP contribution in [0.5, 0.6) is 5.75 Å². The molecule has 4 fully saturated rings. The number of hydrogen-bond acceptors (Lipinski definition) is 11. The number of nitrogens with one attached hydrogen (secondary N) is 2. The Kier molecular flexibility index (Phi) is 12.0. The number of likely N-dealkylation sites (tertiary alicyclic amines) is 1. The number of ether oxygens (including phenoxy) is 1. The van der Waals surface area contributed by atoms with E-state index in [1.807, 2.05) is 11.0 Å². The van der Waals surface area contributed by atoms with Crippen LogP contribution in [0, 0.1) is 29.1 Å². The van der Waals surface area contributed by atoms with E-state index >= 15 is 0 Å². The van der Waals surface area contributed by atoms with Gasteiger partial charge in [-0.1, -0.05) is 0 Å². The Bertz CT molecular complexity index is 2220. The Morgan fingerprint density at radius 1 is 0.820 bits per heavy atom. The molecular formula is C44H47F3N8O6. The van der Waals surface area contributed by atoms with Crippen LogP contribution in [0.25, 0.3) is 0 Å². The van der Waals surface area contributed by atoms with E-state index in [0.717, 1.165) is 75.1 Å². The zero-order valence-corrected chi connectivity index (χ0v) is 33.6. The molecule has 14 nitrogen and oxygen atoms in total. The standard InChI is InChI=1S/C44H47F3N8O6/c45-44(46,47)36-21-31(2-1-30(36)23-48)53-19-13-29(14-20-53)40(57)50-38-7-3-32(24-49-38)54-17-11-27(12-18-54)25-52-15-9-28(10-16-52)26-61-33-4-5-34-35(22-33)43(60)55(42(34)59)37-6-8-39(56)51-41(37)58/h1-5,7,21-22,24,27-29,37H,6,8-20,25-26H2,(H,49,50,57)(H,51,56,58). The molecule has 0 bridgehead atoms. The molecule has 0 radical (unpaired) electrons. The van der Waals surface area contributed by atoms with E-state index in [2.05, 4.69) is 25.4 Å². The molecule has 0 spiro atoms. The van der Waals surface area contributed by atoms with Crippen molar-refractivity contribution in [3.63, 3.8) is 0 Å². The fraction of sp³-hybridized carbons (Fsp3) is 0.477. The van der Waals surface area contributed by atoms with Crippen LogP contribution in [0.1, 0.15) is 83.2 Å². The van der Waals surface area contributed by atoms with Gasteiger partial charge in [-0.05, 0) is 118 Å². The minimum absolute atomic E-state index is 0.0666. The van der Waals surface area contributed by atoms with Gasteiger partial charge in [0.2, 0.25) is 17.7 Å². The second-order valence-corrected chi connectivity index (χ2v) is 16.6. The van der Waals surface area contributed by atoms with Crippen LogP contribution in [0.4, 0.5) is 30.4 Å². The van der Waals surface area contributed by atoms with Crippen molar-refractivity contribution in [2.24, 2.45) is 17.8 Å². The number of rotatable bonds is 10. The number of nitriles is 1. The maximum atomic E-state index is 13.5. The van der Waals surface area contributed by atoms with Gasteiger partial charge in [-0.15, -0.1) is 0 Å². The summed E-state index contributed by atoms with van der Waals surface area (Å²) in [6.45, 7) is 6.14. The van der Waals surface area contributed by atoms with Gasteiger partial charge in [-0.3, -0.25) is 34.2 Å². The second-order valence-electron chi connectivity index (χ2n) is 16.6. The Labute approximate surface area is 351 Å². The highest BCUT2D eigenvalue weighted by Gasteiger charge is 2.45. The summed E-state index contributed by atoms with van der Waals surface area (Å²) in [5, 5.41) is 14.2. The molecule has 0 aliphatic carbocycles. The number of alkyl halides is 3. The van der Waals surface area contributed by atoms with Gasteiger partial charge in [0.1, 0.15) is 17.6 Å². The molecule has 3 aromatic rings. The van der Waals surface area contributed by atoms with E-state index in [4.69, 9.17) is 10.00 Å². The van der Waals surface area contributed by atoms with Gasteiger partial charge in [-0.25, -0.2) is 4.98 Å². The van der Waals surface area contributed by atoms with Crippen LogP contribution in [0.2, 0.25) is 0 Å². The average molecular weight is 841 g/mol. The first kappa shape index (κ1) is 41.7. The molecule has 1 aromatic heterocycles. The summed E-state index contributed by atoms with van der Waals surface area (Å²) in [6.07, 6.45) is 2.38. The molecule has 5 aliphatic heterocycles. The smallest absolute Gasteiger partial charge is 0.417 e. The highest BCUT2D eigenvalue weighted by Crippen LogP contribution is 2.36. The SMILES string of the molecule is N#Cc1ccc(N2CCC(C(=O)Nc3ccc(N4CCC(CN5CCC(COc6ccc7c(c6)C(=O)N(C6CCC(=O)NC6=O)C7=O)CC5)CC4)cn3)CC2)cc1C(F)(F)F. The Hall–Kier alpha value is -6.02. The molecule has 8 rings (SSSR count). The number of piperidine rings is 4. The number of fused-ring (bicyclic) bond motifs is 1. The molecule has 320 valence electrons. The van der Waals surface area contributed by atoms with Crippen LogP contribution in [0.15, 0.2) is 54.7 Å². The topological polar surface area (TPSA) is 168 Å². The molecule has 1 unspecified atom stereocenters. The van der Waals surface area contributed by atoms with Gasteiger partial charge in [0.15, 0.2) is 0 Å². The van der Waals surface area contributed by atoms with Gasteiger partial charge in [0, 0.05) is 50.7 Å². The van der Waals surface area contributed by atoms with Gasteiger partial charge >= 0.3 is 6.18 Å². The van der Waals surface area contributed by atoms with Crippen molar-refractivity contribution in [3.05, 3.63) is 77.0 Å². The summed E-state index contributed by atoms with van der Waals surface area (Å²) < 4.78 is 46.5. The van der Waals surface area contributed by atoms with Crippen molar-refractivity contribution in [2.75, 3.05) is 67.5 Å². The van der Waals surface area contributed by atoms with Crippen molar-refractivity contribution in [2.45, 2.75) is 63.6 Å². The molecule has 0 saturated carbocycles. The third-order valence-electron chi connectivity index (χ3n) is 12.8. The molecule has 17 heteroatoms. The quantitative estimate of drug-likeness (QED) is 0.257. The first-order chi connectivity index (χ1) is 29.3. The minimum atomic E-state index is -4.63. The fourth-order valence-electron chi connectivity index (χ4n) is 9.16. The maximum absolute atomic E-state index is 13.5. The Morgan fingerprint density at radius 2 is 1.49 bits per heavy atom. The van der Waals surface area contributed by atoms with Gasteiger partial charge in [-0.2, -0.15) is 18.4 Å². The van der Waals surface area contributed by atoms with E-state index in [0.29, 0.717) is 61.6 Å². The predicted molar refractivity (Wildman–Crippen MR) is 217 cm³/mol. The number of aromatic nitrogens is 1. The minimum Gasteiger partial charge on any atom is -0.493 e. The molecule has 4 saturated heterocycles. The molecule has 2 N–H and O–H groups in total. The van der Waals surface area contributed by atoms with Crippen LogP contribution >= 0.6 is 0 Å². The number of benzene rings is 2. The molecule has 1 atom stereocenters. The lowest BCUT2D eigenvalue weighted by Crippen LogP contribution is -2.54. The lowest BCUT2D eigenvalue weighted by atomic mass is 9.93. The number of hydrogen-bond donors (Lipinski definition) is 2. The number of carbonyl (C=O) groups excluding carboxylic acids is 5. The van der Waals surface area contributed by atoms with Crippen molar-refractivity contribution < 1.29 is 41.9 Å². The number of nitrogens with zero attached hydrogens (tertiary/aromatic N) is 6. The van der Waals surface area contributed by atoms with Gasteiger partial charge < -0.3 is 24.8 Å². The number of pyridine rings is 1. The molecule has 61 heavy (non-hydrogen) atoms. The van der Waals surface area contributed by atoms with Crippen molar-refractivity contribution in [3.8, 4) is 11.8 Å². The summed E-state index contributed by atoms with van der Waals surface area (Å²) in [5.41, 5.74) is 0.448. The largest absolute Gasteiger partial charge is 0.493 e. The summed E-state index contributed by atoms with van der Waals surface area (Å²) in [4.78, 5) is 75.3. The fourth-order valence-corrected chi connectivity index (χ4v) is 9.16. The third-order valence-corrected chi connectivity index (χ3v) is 12.8. The van der Waals surface area contributed by atoms with E-state index in [1.165, 1.54) is 12.1 Å². The molecule has 2 aromatic carbocycles. The first-order valence-corrected chi connectivity index (χ1v) is 20.9. The average Bonchev–Trinajstić information content (AvgIpc) is 3.51. The van der Waals surface area contributed by atoms with Crippen LogP contribution in [0.3, 0.4) is 0 Å². The van der Waals surface area contributed by atoms with Crippen LogP contribution < -0.4 is 25.2 Å². The van der Waals surface area contributed by atoms with E-state index in [1.54, 1.807) is 36.5 Å². The second kappa shape index (κ2) is 17.5. The number of imide groups is 2. The molecule has 6 heterocycles. The number of anilines is 3. The summed E-state index contributed by atoms with van der Waals surface area (Å²) in [6, 6.07) is 12.9. The van der Waals surface area contributed by atoms with Crippen molar-refractivity contribution >= 4 is 46.7 Å².